The standard InChI is InChI=1S/C5H3FO2S/c6-3-1-2-9-4(3)5(7)8/h1-2H,(H,7,8). The molecule has 1 aromatic heterocycles. The highest BCUT2D eigenvalue weighted by atomic mass is 32.1. The Morgan fingerprint density at radius 3 is 2.67 bits per heavy atom. The quantitative estimate of drug-likeness (QED) is 0.653. The number of aromatic carboxylic acids is 1. The number of carbonyl (C=O) groups is 1. The normalized spacial score (nSPS) is 9.44. The lowest BCUT2D eigenvalue weighted by Gasteiger charge is -1.82. The predicted molar refractivity (Wildman–Crippen MR) is 31.2 cm³/mol. The van der Waals surface area contributed by atoms with Gasteiger partial charge in [0.2, 0.25) is 0 Å². The second-order valence-corrected chi connectivity index (χ2v) is 2.32. The van der Waals surface area contributed by atoms with Crippen LogP contribution in [0.25, 0.3) is 0 Å². The minimum atomic E-state index is -1.21. The summed E-state index contributed by atoms with van der Waals surface area (Å²) in [7, 11) is 0. The summed E-state index contributed by atoms with van der Waals surface area (Å²) in [5.41, 5.74) is 0. The molecule has 0 aliphatic rings. The van der Waals surface area contributed by atoms with Gasteiger partial charge >= 0.3 is 5.97 Å². The summed E-state index contributed by atoms with van der Waals surface area (Å²) in [6.45, 7) is 0. The number of hydrogen-bond donors (Lipinski definition) is 1. The van der Waals surface area contributed by atoms with Crippen LogP contribution in [-0.4, -0.2) is 11.1 Å². The number of hydrogen-bond acceptors (Lipinski definition) is 2. The van der Waals surface area contributed by atoms with Gasteiger partial charge in [-0.3, -0.25) is 0 Å². The number of halogens is 1. The Balaban J connectivity index is 3.08. The molecule has 0 aromatic carbocycles. The molecule has 0 unspecified atom stereocenters. The van der Waals surface area contributed by atoms with E-state index in [1.54, 1.807) is 0 Å². The zero-order valence-corrected chi connectivity index (χ0v) is 5.11. The first-order valence-electron chi connectivity index (χ1n) is 2.18. The summed E-state index contributed by atoms with van der Waals surface area (Å²) in [6.07, 6.45) is 0. The molecule has 9 heavy (non-hydrogen) atoms. The van der Waals surface area contributed by atoms with Crippen LogP contribution in [0, 0.1) is 5.82 Å². The highest BCUT2D eigenvalue weighted by Gasteiger charge is 2.09. The van der Waals surface area contributed by atoms with Gasteiger partial charge < -0.3 is 5.11 Å². The molecule has 0 atom stereocenters. The summed E-state index contributed by atoms with van der Waals surface area (Å²) in [4.78, 5) is 9.83. The number of carboxylic acid groups (broad SMARTS) is 1. The molecule has 0 saturated carbocycles. The van der Waals surface area contributed by atoms with Crippen LogP contribution in [0.1, 0.15) is 9.67 Å². The van der Waals surface area contributed by atoms with Crippen molar-refractivity contribution < 1.29 is 14.3 Å². The van der Waals surface area contributed by atoms with Gasteiger partial charge in [0.15, 0.2) is 0 Å². The van der Waals surface area contributed by atoms with E-state index in [0.29, 0.717) is 0 Å². The summed E-state index contributed by atoms with van der Waals surface area (Å²) >= 11 is 0.883. The van der Waals surface area contributed by atoms with Crippen LogP contribution in [-0.2, 0) is 0 Å². The molecule has 4 heteroatoms. The van der Waals surface area contributed by atoms with Crippen LogP contribution in [0.5, 0.6) is 0 Å². The van der Waals surface area contributed by atoms with Crippen molar-refractivity contribution in [3.63, 3.8) is 0 Å². The first-order chi connectivity index (χ1) is 4.22. The van der Waals surface area contributed by atoms with Crippen molar-refractivity contribution in [3.8, 4) is 0 Å². The molecule has 1 aromatic rings. The Kier molecular flexibility index (Phi) is 1.48. The number of rotatable bonds is 1. The predicted octanol–water partition coefficient (Wildman–Crippen LogP) is 1.59. The van der Waals surface area contributed by atoms with Gasteiger partial charge in [-0.2, -0.15) is 0 Å². The van der Waals surface area contributed by atoms with Crippen molar-refractivity contribution in [1.82, 2.24) is 0 Å². The van der Waals surface area contributed by atoms with E-state index in [-0.39, 0.29) is 4.88 Å². The molecule has 0 fully saturated rings. The Morgan fingerprint density at radius 2 is 2.44 bits per heavy atom. The van der Waals surface area contributed by atoms with Gasteiger partial charge in [-0.1, -0.05) is 0 Å². The zero-order chi connectivity index (χ0) is 6.85. The van der Waals surface area contributed by atoms with Crippen LogP contribution >= 0.6 is 11.3 Å². The average molecular weight is 146 g/mol. The second kappa shape index (κ2) is 2.14. The Hall–Kier alpha value is -0.900. The Morgan fingerprint density at radius 1 is 1.78 bits per heavy atom. The molecule has 0 amide bonds. The van der Waals surface area contributed by atoms with Crippen LogP contribution in [0.4, 0.5) is 4.39 Å². The van der Waals surface area contributed by atoms with Crippen LogP contribution in [0.3, 0.4) is 0 Å². The van der Waals surface area contributed by atoms with Gasteiger partial charge in [0.1, 0.15) is 10.7 Å². The van der Waals surface area contributed by atoms with E-state index in [0.717, 1.165) is 17.4 Å². The zero-order valence-electron chi connectivity index (χ0n) is 4.30. The third-order valence-electron chi connectivity index (χ3n) is 0.811. The van der Waals surface area contributed by atoms with E-state index in [4.69, 9.17) is 5.11 Å². The summed E-state index contributed by atoms with van der Waals surface area (Å²) in [5.74, 6) is -1.87. The Labute approximate surface area is 54.6 Å². The molecular weight excluding hydrogens is 143 g/mol. The minimum Gasteiger partial charge on any atom is -0.477 e. The van der Waals surface area contributed by atoms with Gasteiger partial charge in [0, 0.05) is 0 Å². The highest BCUT2D eigenvalue weighted by Crippen LogP contribution is 2.13. The first-order valence-corrected chi connectivity index (χ1v) is 3.06. The molecule has 0 aliphatic heterocycles. The van der Waals surface area contributed by atoms with E-state index >= 15 is 0 Å². The Bertz CT molecular complexity index is 231. The molecule has 2 nitrogen and oxygen atoms in total. The lowest BCUT2D eigenvalue weighted by atomic mass is 10.4. The van der Waals surface area contributed by atoms with Crippen molar-refractivity contribution in [2.45, 2.75) is 0 Å². The largest absolute Gasteiger partial charge is 0.477 e. The number of thiophene rings is 1. The smallest absolute Gasteiger partial charge is 0.348 e. The van der Waals surface area contributed by atoms with Gasteiger partial charge in [0.25, 0.3) is 0 Å². The monoisotopic (exact) mass is 146 g/mol. The van der Waals surface area contributed by atoms with Crippen LogP contribution < -0.4 is 0 Å². The molecule has 0 bridgehead atoms. The van der Waals surface area contributed by atoms with E-state index in [1.165, 1.54) is 5.38 Å². The fourth-order valence-electron chi connectivity index (χ4n) is 0.446. The van der Waals surface area contributed by atoms with Gasteiger partial charge in [-0.05, 0) is 11.4 Å². The molecule has 1 N–H and O–H groups in total. The van der Waals surface area contributed by atoms with Crippen molar-refractivity contribution >= 4 is 17.3 Å². The van der Waals surface area contributed by atoms with E-state index < -0.39 is 11.8 Å². The third-order valence-corrected chi connectivity index (χ3v) is 1.69. The highest BCUT2D eigenvalue weighted by molar-refractivity contribution is 7.11. The fraction of sp³-hybridized carbons (Fsp3) is 0. The third kappa shape index (κ3) is 1.08. The second-order valence-electron chi connectivity index (χ2n) is 1.40. The van der Waals surface area contributed by atoms with Gasteiger partial charge in [0.05, 0.1) is 0 Å². The topological polar surface area (TPSA) is 37.3 Å². The maximum absolute atomic E-state index is 12.2. The van der Waals surface area contributed by atoms with Crippen molar-refractivity contribution in [1.29, 1.82) is 0 Å². The molecular formula is C5H3FO2S. The lowest BCUT2D eigenvalue weighted by Crippen LogP contribution is -1.93. The van der Waals surface area contributed by atoms with Crippen molar-refractivity contribution in [3.05, 3.63) is 22.1 Å². The summed E-state index contributed by atoms with van der Waals surface area (Å²) in [6, 6.07) is 1.13. The maximum atomic E-state index is 12.2. The van der Waals surface area contributed by atoms with Gasteiger partial charge in [-0.15, -0.1) is 11.3 Å². The van der Waals surface area contributed by atoms with E-state index in [1.807, 2.05) is 0 Å². The fourth-order valence-corrected chi connectivity index (χ4v) is 1.05. The SMILES string of the molecule is O=C(O)c1sccc1F. The minimum absolute atomic E-state index is 0.227. The molecule has 0 radical (unpaired) electrons. The first kappa shape index (κ1) is 6.22. The molecule has 0 aliphatic carbocycles. The van der Waals surface area contributed by atoms with Crippen molar-refractivity contribution in [2.75, 3.05) is 0 Å². The maximum Gasteiger partial charge on any atom is 0.348 e. The number of carboxylic acids is 1. The molecule has 0 spiro atoms. The van der Waals surface area contributed by atoms with Crippen LogP contribution in [0.2, 0.25) is 0 Å². The van der Waals surface area contributed by atoms with Crippen molar-refractivity contribution in [2.24, 2.45) is 0 Å². The molecule has 1 heterocycles. The molecule has 1 rings (SSSR count). The van der Waals surface area contributed by atoms with E-state index in [2.05, 4.69) is 0 Å². The molecule has 0 saturated heterocycles. The van der Waals surface area contributed by atoms with E-state index in [9.17, 15) is 9.18 Å². The molecule has 48 valence electrons. The lowest BCUT2D eigenvalue weighted by molar-refractivity contribution is 0.0698. The average Bonchev–Trinajstić information content (AvgIpc) is 2.13. The summed E-state index contributed by atoms with van der Waals surface area (Å²) < 4.78 is 12.2. The van der Waals surface area contributed by atoms with Crippen LogP contribution in [0.15, 0.2) is 11.4 Å². The van der Waals surface area contributed by atoms with Gasteiger partial charge in [-0.25, -0.2) is 9.18 Å². The summed E-state index contributed by atoms with van der Waals surface area (Å²) in [5, 5.41) is 9.63.